The lowest BCUT2D eigenvalue weighted by molar-refractivity contribution is -0.0107. The maximum atomic E-state index is 11.5. The maximum Gasteiger partial charge on any atom is 0.407 e. The molecule has 8 heteroatoms. The van der Waals surface area contributed by atoms with Gasteiger partial charge >= 0.3 is 12.2 Å². The summed E-state index contributed by atoms with van der Waals surface area (Å²) in [6, 6.07) is -0.0129. The second kappa shape index (κ2) is 5.62. The minimum atomic E-state index is -0.875. The van der Waals surface area contributed by atoms with Crippen molar-refractivity contribution in [1.82, 2.24) is 5.32 Å². The number of amides is 2. The molecular weight excluding hydrogens is 256 g/mol. The van der Waals surface area contributed by atoms with Crippen LogP contribution in [0.4, 0.5) is 9.59 Å². The van der Waals surface area contributed by atoms with Crippen molar-refractivity contribution in [2.75, 3.05) is 13.2 Å². The van der Waals surface area contributed by atoms with Crippen LogP contribution in [-0.2, 0) is 18.9 Å². The van der Waals surface area contributed by atoms with E-state index in [-0.39, 0.29) is 19.3 Å². The summed E-state index contributed by atoms with van der Waals surface area (Å²) in [4.78, 5) is 22.2. The summed E-state index contributed by atoms with van der Waals surface area (Å²) < 4.78 is 21.0. The molecule has 0 aromatic heterocycles. The van der Waals surface area contributed by atoms with Crippen LogP contribution in [0.25, 0.3) is 0 Å². The zero-order valence-electron chi connectivity index (χ0n) is 10.8. The molecule has 19 heavy (non-hydrogen) atoms. The van der Waals surface area contributed by atoms with Crippen LogP contribution >= 0.6 is 0 Å². The number of primary amides is 1. The highest BCUT2D eigenvalue weighted by molar-refractivity contribution is 5.67. The smallest absolute Gasteiger partial charge is 0.407 e. The molecule has 2 fully saturated rings. The van der Waals surface area contributed by atoms with Gasteiger partial charge in [-0.1, -0.05) is 0 Å². The van der Waals surface area contributed by atoms with Crippen LogP contribution in [0.5, 0.6) is 0 Å². The molecule has 2 aliphatic heterocycles. The number of ether oxygens (including phenoxy) is 4. The van der Waals surface area contributed by atoms with E-state index in [2.05, 4.69) is 5.32 Å². The molecule has 4 atom stereocenters. The molecule has 8 nitrogen and oxygen atoms in total. The minimum Gasteiger partial charge on any atom is -0.441 e. The Morgan fingerprint density at radius 1 is 1.16 bits per heavy atom. The molecule has 2 amide bonds. The molecule has 0 bridgehead atoms. The van der Waals surface area contributed by atoms with Gasteiger partial charge in [0.1, 0.15) is 12.2 Å². The second-order valence-corrected chi connectivity index (χ2v) is 4.81. The van der Waals surface area contributed by atoms with E-state index in [1.165, 1.54) is 0 Å². The Labute approximate surface area is 110 Å². The van der Waals surface area contributed by atoms with Gasteiger partial charge in [-0.15, -0.1) is 0 Å². The van der Waals surface area contributed by atoms with Crippen LogP contribution in [0.3, 0.4) is 0 Å². The molecule has 0 unspecified atom stereocenters. The number of alkyl carbamates (subject to hydrolysis) is 1. The van der Waals surface area contributed by atoms with E-state index in [9.17, 15) is 9.59 Å². The fourth-order valence-electron chi connectivity index (χ4n) is 2.19. The average molecular weight is 274 g/mol. The maximum absolute atomic E-state index is 11.5. The van der Waals surface area contributed by atoms with Crippen molar-refractivity contribution in [1.29, 1.82) is 0 Å². The van der Waals surface area contributed by atoms with Gasteiger partial charge < -0.3 is 30.0 Å². The number of nitrogens with two attached hydrogens (primary N) is 1. The Hall–Kier alpha value is -1.54. The van der Waals surface area contributed by atoms with Gasteiger partial charge in [0.25, 0.3) is 0 Å². The topological polar surface area (TPSA) is 109 Å². The van der Waals surface area contributed by atoms with Crippen molar-refractivity contribution in [2.24, 2.45) is 5.73 Å². The summed E-state index contributed by atoms with van der Waals surface area (Å²) in [6.45, 7) is 4.05. The molecule has 2 saturated heterocycles. The molecule has 0 aromatic rings. The summed E-state index contributed by atoms with van der Waals surface area (Å²) in [5.74, 6) is 0. The quantitative estimate of drug-likeness (QED) is 0.734. The molecule has 0 aromatic carbocycles. The van der Waals surface area contributed by atoms with Crippen LogP contribution in [0.1, 0.15) is 13.8 Å². The van der Waals surface area contributed by atoms with Gasteiger partial charge in [-0.3, -0.25) is 0 Å². The largest absolute Gasteiger partial charge is 0.441 e. The van der Waals surface area contributed by atoms with Gasteiger partial charge in [0.05, 0.1) is 13.2 Å². The third kappa shape index (κ3) is 3.27. The monoisotopic (exact) mass is 274 g/mol. The third-order valence-corrected chi connectivity index (χ3v) is 2.90. The average Bonchev–Trinajstić information content (AvgIpc) is 2.81. The predicted molar refractivity (Wildman–Crippen MR) is 62.5 cm³/mol. The molecule has 108 valence electrons. The van der Waals surface area contributed by atoms with Gasteiger partial charge in [-0.05, 0) is 13.8 Å². The fraction of sp³-hybridized carbons (Fsp3) is 0.818. The molecule has 0 saturated carbocycles. The Bertz CT molecular complexity index is 361. The first-order valence-corrected chi connectivity index (χ1v) is 6.14. The zero-order chi connectivity index (χ0) is 14.0. The van der Waals surface area contributed by atoms with Gasteiger partial charge in [-0.2, -0.15) is 0 Å². The Morgan fingerprint density at radius 3 is 2.16 bits per heavy atom. The van der Waals surface area contributed by atoms with Crippen LogP contribution in [-0.4, -0.2) is 55.9 Å². The van der Waals surface area contributed by atoms with Gasteiger partial charge in [-0.25, -0.2) is 9.59 Å². The van der Waals surface area contributed by atoms with Crippen molar-refractivity contribution < 1.29 is 28.5 Å². The summed E-state index contributed by atoms with van der Waals surface area (Å²) in [5.41, 5.74) is 4.96. The van der Waals surface area contributed by atoms with E-state index >= 15 is 0 Å². The summed E-state index contributed by atoms with van der Waals surface area (Å²) in [7, 11) is 0. The third-order valence-electron chi connectivity index (χ3n) is 2.90. The highest BCUT2D eigenvalue weighted by Gasteiger charge is 2.51. The summed E-state index contributed by atoms with van der Waals surface area (Å²) >= 11 is 0. The first-order valence-electron chi connectivity index (χ1n) is 6.14. The van der Waals surface area contributed by atoms with Crippen molar-refractivity contribution in [3.05, 3.63) is 0 Å². The van der Waals surface area contributed by atoms with Gasteiger partial charge in [0, 0.05) is 6.04 Å². The first kappa shape index (κ1) is 13.9. The highest BCUT2D eigenvalue weighted by atomic mass is 16.7. The second-order valence-electron chi connectivity index (χ2n) is 4.81. The number of fused-ring (bicyclic) bond motifs is 1. The standard InChI is InChI=1S/C11H18N2O6/c1-5(2)13-11(15)19-7-4-17-8-6(18-10(12)14)3-16-9(7)8/h5-9H,3-4H2,1-2H3,(H2,12,14)(H,13,15)/t6-,7+,8+,9+/m0/s1. The van der Waals surface area contributed by atoms with Crippen molar-refractivity contribution in [3.8, 4) is 0 Å². The first-order chi connectivity index (χ1) is 8.97. The molecule has 0 spiro atoms. The number of hydrogen-bond donors (Lipinski definition) is 2. The van der Waals surface area contributed by atoms with Crippen molar-refractivity contribution in [3.63, 3.8) is 0 Å². The lowest BCUT2D eigenvalue weighted by atomic mass is 10.1. The summed E-state index contributed by atoms with van der Waals surface area (Å²) in [6.07, 6.45) is -3.33. The van der Waals surface area contributed by atoms with Crippen LogP contribution in [0.2, 0.25) is 0 Å². The number of carbonyl (C=O) groups excluding carboxylic acids is 2. The van der Waals surface area contributed by atoms with Crippen LogP contribution < -0.4 is 11.1 Å². The molecule has 2 heterocycles. The molecule has 0 radical (unpaired) electrons. The predicted octanol–water partition coefficient (Wildman–Crippen LogP) is -0.249. The van der Waals surface area contributed by atoms with Crippen molar-refractivity contribution >= 4 is 12.2 Å². The lowest BCUT2D eigenvalue weighted by Gasteiger charge is -2.18. The van der Waals surface area contributed by atoms with E-state index in [0.717, 1.165) is 0 Å². The van der Waals surface area contributed by atoms with Crippen molar-refractivity contribution in [2.45, 2.75) is 44.3 Å². The number of hydrogen-bond acceptors (Lipinski definition) is 6. The SMILES string of the molecule is CC(C)NC(=O)O[C@@H]1CO[C@H]2[C@@H]1OC[C@@H]2OC(N)=O. The molecule has 0 aliphatic carbocycles. The summed E-state index contributed by atoms with van der Waals surface area (Å²) in [5, 5.41) is 2.62. The highest BCUT2D eigenvalue weighted by Crippen LogP contribution is 2.30. The van der Waals surface area contributed by atoms with Gasteiger partial charge in [0.2, 0.25) is 0 Å². The van der Waals surface area contributed by atoms with E-state index in [1.54, 1.807) is 0 Å². The Kier molecular flexibility index (Phi) is 4.11. The molecule has 3 N–H and O–H groups in total. The number of carbonyl (C=O) groups is 2. The normalized spacial score (nSPS) is 33.0. The molecule has 2 rings (SSSR count). The number of rotatable bonds is 3. The van der Waals surface area contributed by atoms with Crippen LogP contribution in [0, 0.1) is 0 Å². The molecule has 2 aliphatic rings. The van der Waals surface area contributed by atoms with Crippen LogP contribution in [0.15, 0.2) is 0 Å². The van der Waals surface area contributed by atoms with E-state index in [4.69, 9.17) is 24.7 Å². The van der Waals surface area contributed by atoms with Gasteiger partial charge in [0.15, 0.2) is 12.2 Å². The van der Waals surface area contributed by atoms with E-state index < -0.39 is 36.6 Å². The Balaban J connectivity index is 1.87. The lowest BCUT2D eigenvalue weighted by Crippen LogP contribution is -2.39. The van der Waals surface area contributed by atoms with E-state index in [1.807, 2.05) is 13.8 Å². The van der Waals surface area contributed by atoms with E-state index in [0.29, 0.717) is 0 Å². The Morgan fingerprint density at radius 2 is 1.68 bits per heavy atom. The molecular formula is C11H18N2O6. The fourth-order valence-corrected chi connectivity index (χ4v) is 2.19. The zero-order valence-corrected chi connectivity index (χ0v) is 10.8. The number of nitrogens with one attached hydrogen (secondary N) is 1. The minimum absolute atomic E-state index is 0.0129.